The fourth-order valence-electron chi connectivity index (χ4n) is 2.68. The predicted octanol–water partition coefficient (Wildman–Crippen LogP) is 2.90. The van der Waals surface area contributed by atoms with Crippen LogP contribution >= 0.6 is 0 Å². The molecular weight excluding hydrogens is 258 g/mol. The van der Waals surface area contributed by atoms with E-state index in [9.17, 15) is 0 Å². The maximum Gasteiger partial charge on any atom is 0.107 e. The van der Waals surface area contributed by atoms with Gasteiger partial charge in [0.2, 0.25) is 0 Å². The Labute approximate surface area is 128 Å². The third-order valence-corrected chi connectivity index (χ3v) is 4.34. The van der Waals surface area contributed by atoms with Gasteiger partial charge in [-0.2, -0.15) is 5.10 Å². The van der Waals surface area contributed by atoms with Crippen molar-refractivity contribution >= 4 is 0 Å². The van der Waals surface area contributed by atoms with E-state index in [2.05, 4.69) is 56.1 Å². The van der Waals surface area contributed by atoms with E-state index in [0.717, 1.165) is 13.1 Å². The van der Waals surface area contributed by atoms with Crippen LogP contribution in [0.5, 0.6) is 0 Å². The normalized spacial score (nSPS) is 12.6. The maximum atomic E-state index is 4.28. The zero-order valence-corrected chi connectivity index (χ0v) is 13.8. The summed E-state index contributed by atoms with van der Waals surface area (Å²) in [7, 11) is 0. The highest BCUT2D eigenvalue weighted by atomic mass is 15.1. The summed E-state index contributed by atoms with van der Waals surface area (Å²) >= 11 is 0. The number of aromatic amines is 1. The van der Waals surface area contributed by atoms with E-state index >= 15 is 0 Å². The van der Waals surface area contributed by atoms with Gasteiger partial charge in [-0.05, 0) is 44.4 Å². The van der Waals surface area contributed by atoms with Gasteiger partial charge >= 0.3 is 0 Å². The summed E-state index contributed by atoms with van der Waals surface area (Å²) in [5.74, 6) is 0. The van der Waals surface area contributed by atoms with E-state index in [4.69, 9.17) is 0 Å². The summed E-state index contributed by atoms with van der Waals surface area (Å²) in [4.78, 5) is 1.63. The van der Waals surface area contributed by atoms with Gasteiger partial charge in [0.15, 0.2) is 0 Å². The minimum absolute atomic E-state index is 1.05. The molecule has 1 aromatic carbocycles. The smallest absolute Gasteiger partial charge is 0.107 e. The first kappa shape index (κ1) is 15.8. The van der Waals surface area contributed by atoms with E-state index < -0.39 is 0 Å². The van der Waals surface area contributed by atoms with Crippen molar-refractivity contribution in [3.8, 4) is 11.3 Å². The summed E-state index contributed by atoms with van der Waals surface area (Å²) in [6, 6.07) is 6.64. The predicted molar refractivity (Wildman–Crippen MR) is 88.5 cm³/mol. The zero-order valence-electron chi connectivity index (χ0n) is 13.8. The van der Waals surface area contributed by atoms with Gasteiger partial charge in [0.25, 0.3) is 0 Å². The van der Waals surface area contributed by atoms with Crippen LogP contribution in [0.4, 0.5) is 0 Å². The molecule has 0 spiro atoms. The molecule has 2 aromatic rings. The number of benzene rings is 1. The van der Waals surface area contributed by atoms with Crippen LogP contribution in [0.1, 0.15) is 43.4 Å². The quantitative estimate of drug-likeness (QED) is 0.806. The van der Waals surface area contributed by atoms with Crippen molar-refractivity contribution < 1.29 is 4.90 Å². The molecule has 0 aliphatic heterocycles. The molecule has 0 saturated carbocycles. The Morgan fingerprint density at radius 2 is 1.95 bits per heavy atom. The molecule has 1 aromatic heterocycles. The second-order valence-electron chi connectivity index (χ2n) is 5.95. The van der Waals surface area contributed by atoms with Crippen LogP contribution in [-0.2, 0) is 6.54 Å². The first-order valence-electron chi connectivity index (χ1n) is 8.09. The standard InChI is InChI=1S/C18H27N3/c1-5-7-10-21(6-2)13-17-12-19-20-18(17)16-9-8-14(3)15(4)11-16/h8-9,11-12H,5-7,10,13H2,1-4H3,(H,19,20)/p+1. The second kappa shape index (κ2) is 7.41. The second-order valence-corrected chi connectivity index (χ2v) is 5.95. The van der Waals surface area contributed by atoms with Crippen LogP contribution in [-0.4, -0.2) is 23.3 Å². The van der Waals surface area contributed by atoms with Crippen molar-refractivity contribution in [3.05, 3.63) is 41.1 Å². The number of aromatic nitrogens is 2. The van der Waals surface area contributed by atoms with Crippen molar-refractivity contribution in [2.75, 3.05) is 13.1 Å². The van der Waals surface area contributed by atoms with Crippen LogP contribution in [0.25, 0.3) is 11.3 Å². The van der Waals surface area contributed by atoms with Crippen molar-refractivity contribution in [2.45, 2.75) is 47.1 Å². The molecule has 3 nitrogen and oxygen atoms in total. The number of hydrogen-bond donors (Lipinski definition) is 2. The van der Waals surface area contributed by atoms with E-state index in [1.807, 2.05) is 6.20 Å². The first-order chi connectivity index (χ1) is 10.2. The Bertz CT molecular complexity index is 572. The Hall–Kier alpha value is -1.61. The molecule has 21 heavy (non-hydrogen) atoms. The molecule has 0 aliphatic carbocycles. The molecule has 1 atom stereocenters. The number of aryl methyl sites for hydroxylation is 2. The van der Waals surface area contributed by atoms with Crippen molar-refractivity contribution in [1.29, 1.82) is 0 Å². The van der Waals surface area contributed by atoms with Gasteiger partial charge in [-0.25, -0.2) is 0 Å². The Kier molecular flexibility index (Phi) is 5.57. The number of unbranched alkanes of at least 4 members (excludes halogenated alkanes) is 1. The summed E-state index contributed by atoms with van der Waals surface area (Å²) in [6.07, 6.45) is 4.55. The molecule has 1 heterocycles. The average Bonchev–Trinajstić information content (AvgIpc) is 2.94. The van der Waals surface area contributed by atoms with Gasteiger partial charge < -0.3 is 4.90 Å². The molecule has 0 saturated heterocycles. The average molecular weight is 286 g/mol. The largest absolute Gasteiger partial charge is 0.331 e. The van der Waals surface area contributed by atoms with Crippen molar-refractivity contribution in [2.24, 2.45) is 0 Å². The molecule has 114 valence electrons. The van der Waals surface area contributed by atoms with Crippen LogP contribution < -0.4 is 4.90 Å². The SMILES string of the molecule is CCCC[NH+](CC)Cc1cn[nH]c1-c1ccc(C)c(C)c1. The van der Waals surface area contributed by atoms with Crippen LogP contribution in [0.15, 0.2) is 24.4 Å². The van der Waals surface area contributed by atoms with Gasteiger partial charge in [0, 0.05) is 5.56 Å². The third kappa shape index (κ3) is 3.94. The molecular formula is C18H28N3+. The number of nitrogens with one attached hydrogen (secondary N) is 2. The minimum Gasteiger partial charge on any atom is -0.331 e. The van der Waals surface area contributed by atoms with Gasteiger partial charge in [-0.3, -0.25) is 5.10 Å². The highest BCUT2D eigenvalue weighted by Crippen LogP contribution is 2.23. The zero-order chi connectivity index (χ0) is 15.2. The monoisotopic (exact) mass is 286 g/mol. The maximum absolute atomic E-state index is 4.28. The first-order valence-corrected chi connectivity index (χ1v) is 8.09. The highest BCUT2D eigenvalue weighted by Gasteiger charge is 2.14. The molecule has 2 N–H and O–H groups in total. The topological polar surface area (TPSA) is 33.1 Å². The number of H-pyrrole nitrogens is 1. The summed E-state index contributed by atoms with van der Waals surface area (Å²) < 4.78 is 0. The minimum atomic E-state index is 1.05. The summed E-state index contributed by atoms with van der Waals surface area (Å²) in [5.41, 5.74) is 6.42. The van der Waals surface area contributed by atoms with Crippen LogP contribution in [0, 0.1) is 13.8 Å². The summed E-state index contributed by atoms with van der Waals surface area (Å²) in [5, 5.41) is 7.47. The lowest BCUT2D eigenvalue weighted by Gasteiger charge is -2.17. The fourth-order valence-corrected chi connectivity index (χ4v) is 2.68. The lowest BCUT2D eigenvalue weighted by atomic mass is 10.0. The van der Waals surface area contributed by atoms with E-state index in [0.29, 0.717) is 0 Å². The Balaban J connectivity index is 2.19. The Morgan fingerprint density at radius 3 is 2.62 bits per heavy atom. The van der Waals surface area contributed by atoms with Crippen LogP contribution in [0.3, 0.4) is 0 Å². The van der Waals surface area contributed by atoms with Gasteiger partial charge in [-0.15, -0.1) is 0 Å². The molecule has 0 radical (unpaired) electrons. The highest BCUT2D eigenvalue weighted by molar-refractivity contribution is 5.63. The van der Waals surface area contributed by atoms with Gasteiger partial charge in [0.1, 0.15) is 6.54 Å². The number of nitrogens with zero attached hydrogens (tertiary/aromatic N) is 1. The molecule has 3 heteroatoms. The van der Waals surface area contributed by atoms with E-state index in [1.54, 1.807) is 4.90 Å². The van der Waals surface area contributed by atoms with Crippen LogP contribution in [0.2, 0.25) is 0 Å². The van der Waals surface area contributed by atoms with E-state index in [1.165, 1.54) is 47.3 Å². The van der Waals surface area contributed by atoms with Crippen molar-refractivity contribution in [3.63, 3.8) is 0 Å². The Morgan fingerprint density at radius 1 is 1.14 bits per heavy atom. The summed E-state index contributed by atoms with van der Waals surface area (Å²) in [6.45, 7) is 12.3. The van der Waals surface area contributed by atoms with Gasteiger partial charge in [0.05, 0.1) is 30.5 Å². The molecule has 0 aliphatic rings. The number of rotatable bonds is 7. The van der Waals surface area contributed by atoms with E-state index in [-0.39, 0.29) is 0 Å². The molecule has 0 fully saturated rings. The molecule has 0 bridgehead atoms. The molecule has 0 amide bonds. The molecule has 2 rings (SSSR count). The van der Waals surface area contributed by atoms with Gasteiger partial charge in [-0.1, -0.05) is 25.5 Å². The number of hydrogen-bond acceptors (Lipinski definition) is 1. The lowest BCUT2D eigenvalue weighted by Crippen LogP contribution is -3.10. The molecule has 1 unspecified atom stereocenters. The fraction of sp³-hybridized carbons (Fsp3) is 0.500. The lowest BCUT2D eigenvalue weighted by molar-refractivity contribution is -0.912. The van der Waals surface area contributed by atoms with Crippen molar-refractivity contribution in [1.82, 2.24) is 10.2 Å². The third-order valence-electron chi connectivity index (χ3n) is 4.34. The number of quaternary nitrogens is 1.